The lowest BCUT2D eigenvalue weighted by Crippen LogP contribution is -1.90. The molecule has 0 heterocycles. The molecule has 0 radical (unpaired) electrons. The molecule has 0 saturated carbocycles. The molecule has 0 fully saturated rings. The van der Waals surface area contributed by atoms with Gasteiger partial charge in [0.1, 0.15) is 17.2 Å². The standard InChI is InChI=1S/C18H17NO2/c1-19-13-7-9-14(10-8-13)21-18-12-11-17(20-2)15-5-3-4-6-16(15)18/h3-12,19H,1-2H3. The number of fused-ring (bicyclic) bond motifs is 1. The molecule has 0 aliphatic heterocycles. The predicted molar refractivity (Wildman–Crippen MR) is 86.6 cm³/mol. The third kappa shape index (κ3) is 2.63. The van der Waals surface area contributed by atoms with Gasteiger partial charge in [-0.05, 0) is 36.4 Å². The number of ether oxygens (including phenoxy) is 2. The summed E-state index contributed by atoms with van der Waals surface area (Å²) in [4.78, 5) is 0. The second-order valence-corrected chi connectivity index (χ2v) is 4.69. The smallest absolute Gasteiger partial charge is 0.135 e. The van der Waals surface area contributed by atoms with Gasteiger partial charge < -0.3 is 14.8 Å². The van der Waals surface area contributed by atoms with E-state index in [2.05, 4.69) is 5.32 Å². The summed E-state index contributed by atoms with van der Waals surface area (Å²) in [6.45, 7) is 0. The van der Waals surface area contributed by atoms with Crippen molar-refractivity contribution in [3.05, 3.63) is 60.7 Å². The van der Waals surface area contributed by atoms with E-state index in [1.54, 1.807) is 7.11 Å². The van der Waals surface area contributed by atoms with E-state index in [-0.39, 0.29) is 0 Å². The van der Waals surface area contributed by atoms with E-state index in [1.807, 2.05) is 67.7 Å². The first-order valence-electron chi connectivity index (χ1n) is 6.83. The van der Waals surface area contributed by atoms with Crippen molar-refractivity contribution in [2.75, 3.05) is 19.5 Å². The Morgan fingerprint density at radius 3 is 2.00 bits per heavy atom. The molecule has 3 heteroatoms. The largest absolute Gasteiger partial charge is 0.496 e. The average Bonchev–Trinajstić information content (AvgIpc) is 2.56. The average molecular weight is 279 g/mol. The van der Waals surface area contributed by atoms with Crippen LogP contribution in [-0.2, 0) is 0 Å². The molecule has 21 heavy (non-hydrogen) atoms. The highest BCUT2D eigenvalue weighted by Crippen LogP contribution is 2.35. The molecule has 0 bridgehead atoms. The molecule has 3 nitrogen and oxygen atoms in total. The summed E-state index contributed by atoms with van der Waals surface area (Å²) in [5.74, 6) is 2.48. The Morgan fingerprint density at radius 2 is 1.38 bits per heavy atom. The van der Waals surface area contributed by atoms with Crippen molar-refractivity contribution in [2.24, 2.45) is 0 Å². The Morgan fingerprint density at radius 1 is 0.762 bits per heavy atom. The number of benzene rings is 3. The van der Waals surface area contributed by atoms with Gasteiger partial charge in [0.25, 0.3) is 0 Å². The molecule has 0 aliphatic carbocycles. The monoisotopic (exact) mass is 279 g/mol. The van der Waals surface area contributed by atoms with Crippen LogP contribution in [0, 0.1) is 0 Å². The predicted octanol–water partition coefficient (Wildman–Crippen LogP) is 4.68. The van der Waals surface area contributed by atoms with Gasteiger partial charge in [-0.1, -0.05) is 24.3 Å². The van der Waals surface area contributed by atoms with Crippen molar-refractivity contribution in [2.45, 2.75) is 0 Å². The lowest BCUT2D eigenvalue weighted by molar-refractivity contribution is 0.418. The van der Waals surface area contributed by atoms with Crippen LogP contribution in [0.25, 0.3) is 10.8 Å². The highest BCUT2D eigenvalue weighted by molar-refractivity contribution is 5.93. The highest BCUT2D eigenvalue weighted by Gasteiger charge is 2.07. The number of methoxy groups -OCH3 is 1. The Kier molecular flexibility index (Phi) is 3.65. The summed E-state index contributed by atoms with van der Waals surface area (Å²) < 4.78 is 11.4. The van der Waals surface area contributed by atoms with Gasteiger partial charge in [0.15, 0.2) is 0 Å². The van der Waals surface area contributed by atoms with Crippen molar-refractivity contribution >= 4 is 16.5 Å². The molecule has 3 aromatic carbocycles. The summed E-state index contributed by atoms with van der Waals surface area (Å²) in [6.07, 6.45) is 0. The molecule has 0 aromatic heterocycles. The van der Waals surface area contributed by atoms with Gasteiger partial charge in [-0.15, -0.1) is 0 Å². The van der Waals surface area contributed by atoms with Crippen LogP contribution in [0.4, 0.5) is 5.69 Å². The zero-order valence-electron chi connectivity index (χ0n) is 12.1. The van der Waals surface area contributed by atoms with E-state index in [0.717, 1.165) is 33.7 Å². The van der Waals surface area contributed by atoms with Crippen LogP contribution in [0.15, 0.2) is 60.7 Å². The summed E-state index contributed by atoms with van der Waals surface area (Å²) in [5, 5.41) is 5.17. The van der Waals surface area contributed by atoms with Gasteiger partial charge in [-0.25, -0.2) is 0 Å². The van der Waals surface area contributed by atoms with Gasteiger partial charge in [0, 0.05) is 23.5 Å². The second kappa shape index (κ2) is 5.75. The Balaban J connectivity index is 2.00. The lowest BCUT2D eigenvalue weighted by Gasteiger charge is -2.12. The van der Waals surface area contributed by atoms with E-state index in [0.29, 0.717) is 0 Å². The fourth-order valence-corrected chi connectivity index (χ4v) is 2.33. The van der Waals surface area contributed by atoms with Crippen molar-refractivity contribution in [1.82, 2.24) is 0 Å². The normalized spacial score (nSPS) is 10.4. The lowest BCUT2D eigenvalue weighted by atomic mass is 10.1. The Hall–Kier alpha value is -2.68. The fraction of sp³-hybridized carbons (Fsp3) is 0.111. The van der Waals surface area contributed by atoms with Gasteiger partial charge in [-0.3, -0.25) is 0 Å². The minimum absolute atomic E-state index is 0.810. The van der Waals surface area contributed by atoms with Crippen LogP contribution in [0.1, 0.15) is 0 Å². The summed E-state index contributed by atoms with van der Waals surface area (Å²) >= 11 is 0. The van der Waals surface area contributed by atoms with Crippen molar-refractivity contribution in [3.63, 3.8) is 0 Å². The molecule has 3 rings (SSSR count). The summed E-state index contributed by atoms with van der Waals surface area (Å²) in [6, 6.07) is 19.8. The first-order chi connectivity index (χ1) is 10.3. The van der Waals surface area contributed by atoms with Crippen molar-refractivity contribution in [3.8, 4) is 17.2 Å². The Labute approximate surface area is 124 Å². The first-order valence-corrected chi connectivity index (χ1v) is 6.83. The fourth-order valence-electron chi connectivity index (χ4n) is 2.33. The molecule has 0 aliphatic rings. The van der Waals surface area contributed by atoms with Crippen LogP contribution in [0.2, 0.25) is 0 Å². The number of hydrogen-bond donors (Lipinski definition) is 1. The second-order valence-electron chi connectivity index (χ2n) is 4.69. The molecule has 106 valence electrons. The van der Waals surface area contributed by atoms with Crippen molar-refractivity contribution in [1.29, 1.82) is 0 Å². The number of hydrogen-bond acceptors (Lipinski definition) is 3. The molecule has 0 spiro atoms. The third-order valence-electron chi connectivity index (χ3n) is 3.43. The van der Waals surface area contributed by atoms with E-state index >= 15 is 0 Å². The summed E-state index contributed by atoms with van der Waals surface area (Å²) in [5.41, 5.74) is 1.06. The minimum atomic E-state index is 0.810. The van der Waals surface area contributed by atoms with E-state index < -0.39 is 0 Å². The van der Waals surface area contributed by atoms with E-state index in [9.17, 15) is 0 Å². The van der Waals surface area contributed by atoms with Crippen molar-refractivity contribution < 1.29 is 9.47 Å². The number of nitrogens with one attached hydrogen (secondary N) is 1. The van der Waals surface area contributed by atoms with E-state index in [1.165, 1.54) is 0 Å². The van der Waals surface area contributed by atoms with E-state index in [4.69, 9.17) is 9.47 Å². The maximum atomic E-state index is 6.01. The van der Waals surface area contributed by atoms with Gasteiger partial charge in [0.2, 0.25) is 0 Å². The van der Waals surface area contributed by atoms with Crippen LogP contribution >= 0.6 is 0 Å². The highest BCUT2D eigenvalue weighted by atomic mass is 16.5. The minimum Gasteiger partial charge on any atom is -0.496 e. The zero-order chi connectivity index (χ0) is 14.7. The summed E-state index contributed by atoms with van der Waals surface area (Å²) in [7, 11) is 3.58. The van der Waals surface area contributed by atoms with Gasteiger partial charge in [-0.2, -0.15) is 0 Å². The van der Waals surface area contributed by atoms with Crippen LogP contribution in [-0.4, -0.2) is 14.2 Å². The molecule has 3 aromatic rings. The number of rotatable bonds is 4. The molecule has 0 unspecified atom stereocenters. The van der Waals surface area contributed by atoms with Gasteiger partial charge in [0.05, 0.1) is 7.11 Å². The first kappa shape index (κ1) is 13.3. The SMILES string of the molecule is CNc1ccc(Oc2ccc(OC)c3ccccc23)cc1. The molecular weight excluding hydrogens is 262 g/mol. The topological polar surface area (TPSA) is 30.5 Å². The van der Waals surface area contributed by atoms with Crippen LogP contribution < -0.4 is 14.8 Å². The Bertz CT molecular complexity index is 751. The molecule has 0 saturated heterocycles. The maximum absolute atomic E-state index is 6.01. The molecule has 1 N–H and O–H groups in total. The number of anilines is 1. The van der Waals surface area contributed by atoms with Crippen LogP contribution in [0.5, 0.6) is 17.2 Å². The zero-order valence-corrected chi connectivity index (χ0v) is 12.1. The molecular formula is C18H17NO2. The maximum Gasteiger partial charge on any atom is 0.135 e. The molecule has 0 amide bonds. The third-order valence-corrected chi connectivity index (χ3v) is 3.43. The molecule has 0 atom stereocenters. The quantitative estimate of drug-likeness (QED) is 0.752. The van der Waals surface area contributed by atoms with Gasteiger partial charge >= 0.3 is 0 Å². The van der Waals surface area contributed by atoms with Crippen LogP contribution in [0.3, 0.4) is 0 Å².